The van der Waals surface area contributed by atoms with Gasteiger partial charge in [0.15, 0.2) is 0 Å². The van der Waals surface area contributed by atoms with Crippen LogP contribution in [0.4, 0.5) is 0 Å². The molecule has 1 aliphatic rings. The lowest BCUT2D eigenvalue weighted by molar-refractivity contribution is -0.144. The van der Waals surface area contributed by atoms with Crippen LogP contribution < -0.4 is 27.0 Å². The van der Waals surface area contributed by atoms with Gasteiger partial charge in [0.2, 0.25) is 17.7 Å². The number of unbranched alkanes of at least 4 members (excludes halogenated alkanes) is 1. The topological polar surface area (TPSA) is 183 Å². The van der Waals surface area contributed by atoms with Gasteiger partial charge in [-0.2, -0.15) is 0 Å². The van der Waals surface area contributed by atoms with E-state index in [9.17, 15) is 29.4 Å². The van der Waals surface area contributed by atoms with Gasteiger partial charge in [0.25, 0.3) is 0 Å². The Morgan fingerprint density at radius 1 is 1.10 bits per heavy atom. The average Bonchev–Trinajstić information content (AvgIpc) is 3.29. The molecular formula is C20H37N5O6. The molecule has 0 aromatic rings. The standard InChI is InChI=1S/C20H37N5O6/c1-3-12(2)16(20(30)31)25-19(29)15(11-26)24-18(28)14(7-4-5-9-21)23-17(27)13-8-6-10-22-13/h12-16,22,26H,3-11,21H2,1-2H3,(H,23,27)(H,24,28)(H,25,29)(H,30,31). The van der Waals surface area contributed by atoms with Gasteiger partial charge in [-0.15, -0.1) is 0 Å². The highest BCUT2D eigenvalue weighted by Gasteiger charge is 2.32. The smallest absolute Gasteiger partial charge is 0.326 e. The third-order valence-electron chi connectivity index (χ3n) is 5.55. The van der Waals surface area contributed by atoms with Crippen molar-refractivity contribution in [3.8, 4) is 0 Å². The summed E-state index contributed by atoms with van der Waals surface area (Å²) in [5.41, 5.74) is 5.51. The summed E-state index contributed by atoms with van der Waals surface area (Å²) in [5.74, 6) is -3.24. The highest BCUT2D eigenvalue weighted by atomic mass is 16.4. The van der Waals surface area contributed by atoms with Crippen molar-refractivity contribution in [3.05, 3.63) is 0 Å². The SMILES string of the molecule is CCC(C)C(NC(=O)C(CO)NC(=O)C(CCCCN)NC(=O)C1CCCN1)C(=O)O. The van der Waals surface area contributed by atoms with Gasteiger partial charge in [-0.05, 0) is 51.1 Å². The zero-order valence-electron chi connectivity index (χ0n) is 18.4. The molecule has 178 valence electrons. The maximum Gasteiger partial charge on any atom is 0.326 e. The minimum Gasteiger partial charge on any atom is -0.480 e. The second-order valence-corrected chi connectivity index (χ2v) is 7.95. The van der Waals surface area contributed by atoms with E-state index in [0.29, 0.717) is 38.6 Å². The molecule has 1 heterocycles. The average molecular weight is 444 g/mol. The summed E-state index contributed by atoms with van der Waals surface area (Å²) in [6.07, 6.45) is 3.66. The Bertz CT molecular complexity index is 611. The number of aliphatic hydroxyl groups excluding tert-OH is 1. The highest BCUT2D eigenvalue weighted by Crippen LogP contribution is 2.09. The van der Waals surface area contributed by atoms with Crippen molar-refractivity contribution in [1.82, 2.24) is 21.3 Å². The molecule has 0 aromatic carbocycles. The third-order valence-corrected chi connectivity index (χ3v) is 5.55. The van der Waals surface area contributed by atoms with E-state index in [2.05, 4.69) is 21.3 Å². The van der Waals surface area contributed by atoms with Crippen molar-refractivity contribution >= 4 is 23.7 Å². The summed E-state index contributed by atoms with van der Waals surface area (Å²) in [6, 6.07) is -3.74. The van der Waals surface area contributed by atoms with E-state index in [1.807, 2.05) is 0 Å². The fourth-order valence-electron chi connectivity index (χ4n) is 3.35. The molecule has 31 heavy (non-hydrogen) atoms. The van der Waals surface area contributed by atoms with Gasteiger partial charge in [0, 0.05) is 0 Å². The zero-order chi connectivity index (χ0) is 23.4. The van der Waals surface area contributed by atoms with Gasteiger partial charge in [-0.25, -0.2) is 4.79 Å². The van der Waals surface area contributed by atoms with E-state index >= 15 is 0 Å². The van der Waals surface area contributed by atoms with Crippen molar-refractivity contribution < 1.29 is 29.4 Å². The molecule has 5 atom stereocenters. The fraction of sp³-hybridized carbons (Fsp3) is 0.800. The van der Waals surface area contributed by atoms with E-state index in [1.165, 1.54) is 0 Å². The second kappa shape index (κ2) is 13.9. The lowest BCUT2D eigenvalue weighted by Crippen LogP contribution is -2.58. The molecule has 0 spiro atoms. The Labute approximate surface area is 182 Å². The van der Waals surface area contributed by atoms with Crippen LogP contribution in [0.1, 0.15) is 52.4 Å². The van der Waals surface area contributed by atoms with Gasteiger partial charge in [-0.1, -0.05) is 20.3 Å². The molecule has 1 aliphatic heterocycles. The van der Waals surface area contributed by atoms with Crippen molar-refractivity contribution in [2.45, 2.75) is 76.5 Å². The van der Waals surface area contributed by atoms with Gasteiger partial charge >= 0.3 is 5.97 Å². The Morgan fingerprint density at radius 3 is 2.29 bits per heavy atom. The number of carboxylic acid groups (broad SMARTS) is 1. The molecule has 11 heteroatoms. The number of carbonyl (C=O) groups is 4. The molecule has 1 rings (SSSR count). The Morgan fingerprint density at radius 2 is 1.77 bits per heavy atom. The molecule has 11 nitrogen and oxygen atoms in total. The number of nitrogens with two attached hydrogens (primary N) is 1. The maximum atomic E-state index is 12.8. The predicted octanol–water partition coefficient (Wildman–Crippen LogP) is -1.56. The first kappa shape index (κ1) is 26.8. The van der Waals surface area contributed by atoms with Crippen molar-refractivity contribution in [2.75, 3.05) is 19.7 Å². The number of carbonyl (C=O) groups excluding carboxylic acids is 3. The molecule has 0 radical (unpaired) electrons. The van der Waals surface area contributed by atoms with Gasteiger partial charge in [-0.3, -0.25) is 14.4 Å². The summed E-state index contributed by atoms with van der Waals surface area (Å²) >= 11 is 0. The number of aliphatic carboxylic acids is 1. The lowest BCUT2D eigenvalue weighted by Gasteiger charge is -2.25. The molecular weight excluding hydrogens is 406 g/mol. The van der Waals surface area contributed by atoms with Crippen molar-refractivity contribution in [1.29, 1.82) is 0 Å². The minimum atomic E-state index is -1.34. The predicted molar refractivity (Wildman–Crippen MR) is 114 cm³/mol. The zero-order valence-corrected chi connectivity index (χ0v) is 18.4. The molecule has 5 unspecified atom stereocenters. The summed E-state index contributed by atoms with van der Waals surface area (Å²) in [4.78, 5) is 49.2. The lowest BCUT2D eigenvalue weighted by atomic mass is 9.99. The summed E-state index contributed by atoms with van der Waals surface area (Å²) in [6.45, 7) is 3.95. The monoisotopic (exact) mass is 443 g/mol. The number of carboxylic acids is 1. The van der Waals surface area contributed by atoms with Gasteiger partial charge in [0.1, 0.15) is 18.1 Å². The van der Waals surface area contributed by atoms with E-state index in [-0.39, 0.29) is 17.9 Å². The van der Waals surface area contributed by atoms with E-state index in [4.69, 9.17) is 5.73 Å². The van der Waals surface area contributed by atoms with Crippen LogP contribution in [-0.4, -0.2) is 77.8 Å². The Balaban J connectivity index is 2.79. The molecule has 1 fully saturated rings. The molecule has 0 bridgehead atoms. The molecule has 0 saturated carbocycles. The molecule has 0 aliphatic carbocycles. The van der Waals surface area contributed by atoms with Crippen LogP contribution in [0.5, 0.6) is 0 Å². The largest absolute Gasteiger partial charge is 0.480 e. The van der Waals surface area contributed by atoms with Crippen LogP contribution in [0.2, 0.25) is 0 Å². The summed E-state index contributed by atoms with van der Waals surface area (Å²) in [7, 11) is 0. The van der Waals surface area contributed by atoms with Crippen LogP contribution in [0.15, 0.2) is 0 Å². The minimum absolute atomic E-state index is 0.293. The first-order valence-corrected chi connectivity index (χ1v) is 10.9. The molecule has 8 N–H and O–H groups in total. The maximum absolute atomic E-state index is 12.8. The van der Waals surface area contributed by atoms with Crippen LogP contribution in [0.25, 0.3) is 0 Å². The van der Waals surface area contributed by atoms with Crippen LogP contribution in [0, 0.1) is 5.92 Å². The second-order valence-electron chi connectivity index (χ2n) is 7.95. The number of nitrogens with one attached hydrogen (secondary N) is 4. The fourth-order valence-corrected chi connectivity index (χ4v) is 3.35. The number of hydrogen-bond acceptors (Lipinski definition) is 7. The summed E-state index contributed by atoms with van der Waals surface area (Å²) in [5, 5.41) is 29.5. The molecule has 0 aromatic heterocycles. The highest BCUT2D eigenvalue weighted by molar-refractivity contribution is 5.94. The number of amides is 3. The van der Waals surface area contributed by atoms with Crippen LogP contribution in [-0.2, 0) is 19.2 Å². The number of hydrogen-bond donors (Lipinski definition) is 7. The quantitative estimate of drug-likeness (QED) is 0.157. The number of rotatable bonds is 14. The molecule has 3 amide bonds. The van der Waals surface area contributed by atoms with E-state index in [0.717, 1.165) is 13.0 Å². The van der Waals surface area contributed by atoms with Crippen molar-refractivity contribution in [3.63, 3.8) is 0 Å². The Kier molecular flexibility index (Phi) is 12.1. The van der Waals surface area contributed by atoms with Crippen LogP contribution in [0.3, 0.4) is 0 Å². The summed E-state index contributed by atoms with van der Waals surface area (Å²) < 4.78 is 0. The van der Waals surface area contributed by atoms with Gasteiger partial charge in [0.05, 0.1) is 12.6 Å². The van der Waals surface area contributed by atoms with Crippen molar-refractivity contribution in [2.24, 2.45) is 11.7 Å². The molecule has 1 saturated heterocycles. The Hall–Kier alpha value is -2.24. The van der Waals surface area contributed by atoms with Gasteiger partial charge < -0.3 is 37.2 Å². The first-order valence-electron chi connectivity index (χ1n) is 10.9. The third kappa shape index (κ3) is 8.80. The first-order chi connectivity index (χ1) is 14.7. The van der Waals surface area contributed by atoms with Crippen LogP contribution >= 0.6 is 0 Å². The van der Waals surface area contributed by atoms with E-state index < -0.39 is 42.5 Å². The normalized spacial score (nSPS) is 19.7. The van der Waals surface area contributed by atoms with E-state index in [1.54, 1.807) is 13.8 Å². The number of aliphatic hydroxyl groups is 1.